The average Bonchev–Trinajstić information content (AvgIpc) is 2.52. The molecule has 0 unspecified atom stereocenters. The first-order valence-corrected chi connectivity index (χ1v) is 9.04. The molecule has 4 atom stereocenters. The average molecular weight is 378 g/mol. The standard InChI is InChI=1S/C14H26N4O6S/c1-7(19)11(18-12(21)8(15)5-6-25-2)13(22)17-9(14(23)24)3-4-10(16)20/h7-9,11,19H,3-6,15H2,1-2H3,(H2,16,20)(H,17,22)(H,18,21)(H,23,24)/t7-,8+,9+,11+/m1/s1. The highest BCUT2D eigenvalue weighted by molar-refractivity contribution is 7.98. The van der Waals surface area contributed by atoms with Crippen molar-refractivity contribution >= 4 is 35.5 Å². The Hall–Kier alpha value is -1.85. The van der Waals surface area contributed by atoms with Crippen molar-refractivity contribution < 1.29 is 29.4 Å². The number of carboxylic acids is 1. The molecule has 0 bridgehead atoms. The molecule has 0 aromatic carbocycles. The number of carbonyl (C=O) groups is 4. The second-order valence-electron chi connectivity index (χ2n) is 5.52. The van der Waals surface area contributed by atoms with Gasteiger partial charge in [-0.2, -0.15) is 11.8 Å². The lowest BCUT2D eigenvalue weighted by Crippen LogP contribution is -2.58. The summed E-state index contributed by atoms with van der Waals surface area (Å²) < 4.78 is 0. The van der Waals surface area contributed by atoms with Crippen molar-refractivity contribution in [2.24, 2.45) is 11.5 Å². The van der Waals surface area contributed by atoms with E-state index in [1.165, 1.54) is 18.7 Å². The monoisotopic (exact) mass is 378 g/mol. The summed E-state index contributed by atoms with van der Waals surface area (Å²) >= 11 is 1.51. The molecule has 10 nitrogen and oxygen atoms in total. The third-order valence-corrected chi connectivity index (χ3v) is 3.97. The van der Waals surface area contributed by atoms with Crippen molar-refractivity contribution in [3.63, 3.8) is 0 Å². The van der Waals surface area contributed by atoms with Crippen LogP contribution in [0.4, 0.5) is 0 Å². The second kappa shape index (κ2) is 11.7. The van der Waals surface area contributed by atoms with Crippen LogP contribution in [0.3, 0.4) is 0 Å². The first kappa shape index (κ1) is 23.1. The van der Waals surface area contributed by atoms with E-state index in [0.29, 0.717) is 12.2 Å². The molecule has 0 aliphatic rings. The quantitative estimate of drug-likeness (QED) is 0.220. The lowest BCUT2D eigenvalue weighted by atomic mass is 10.1. The number of primary amides is 1. The third kappa shape index (κ3) is 9.27. The van der Waals surface area contributed by atoms with Gasteiger partial charge in [-0.15, -0.1) is 0 Å². The van der Waals surface area contributed by atoms with Gasteiger partial charge in [0.05, 0.1) is 12.1 Å². The first-order valence-electron chi connectivity index (χ1n) is 7.64. The molecule has 0 aromatic rings. The normalized spacial score (nSPS) is 15.5. The Morgan fingerprint density at radius 2 is 1.72 bits per heavy atom. The van der Waals surface area contributed by atoms with Gasteiger partial charge in [0.1, 0.15) is 12.1 Å². The van der Waals surface area contributed by atoms with Gasteiger partial charge in [0.2, 0.25) is 17.7 Å². The van der Waals surface area contributed by atoms with Crippen LogP contribution < -0.4 is 22.1 Å². The number of carbonyl (C=O) groups excluding carboxylic acids is 3. The molecule has 0 rings (SSSR count). The van der Waals surface area contributed by atoms with Crippen LogP contribution in [0.15, 0.2) is 0 Å². The molecule has 0 aromatic heterocycles. The van der Waals surface area contributed by atoms with E-state index >= 15 is 0 Å². The molecule has 11 heteroatoms. The van der Waals surface area contributed by atoms with Crippen LogP contribution in [-0.2, 0) is 19.2 Å². The van der Waals surface area contributed by atoms with Gasteiger partial charge in [0, 0.05) is 6.42 Å². The van der Waals surface area contributed by atoms with E-state index in [1.807, 2.05) is 6.26 Å². The molecule has 0 fully saturated rings. The third-order valence-electron chi connectivity index (χ3n) is 3.33. The maximum atomic E-state index is 12.2. The molecule has 3 amide bonds. The maximum absolute atomic E-state index is 12.2. The number of aliphatic hydroxyl groups excluding tert-OH is 1. The van der Waals surface area contributed by atoms with E-state index in [1.54, 1.807) is 0 Å². The van der Waals surface area contributed by atoms with E-state index in [2.05, 4.69) is 10.6 Å². The van der Waals surface area contributed by atoms with Crippen molar-refractivity contribution in [3.05, 3.63) is 0 Å². The molecule has 25 heavy (non-hydrogen) atoms. The summed E-state index contributed by atoms with van der Waals surface area (Å²) in [6, 6.07) is -3.60. The molecule has 0 radical (unpaired) electrons. The summed E-state index contributed by atoms with van der Waals surface area (Å²) in [4.78, 5) is 46.1. The zero-order valence-corrected chi connectivity index (χ0v) is 15.0. The van der Waals surface area contributed by atoms with Gasteiger partial charge in [-0.05, 0) is 31.8 Å². The van der Waals surface area contributed by atoms with E-state index in [9.17, 15) is 24.3 Å². The smallest absolute Gasteiger partial charge is 0.326 e. The minimum atomic E-state index is -1.37. The number of hydrogen-bond acceptors (Lipinski definition) is 7. The number of carboxylic acid groups (broad SMARTS) is 1. The maximum Gasteiger partial charge on any atom is 0.326 e. The fraction of sp³-hybridized carbons (Fsp3) is 0.714. The number of nitrogens with two attached hydrogens (primary N) is 2. The second-order valence-corrected chi connectivity index (χ2v) is 6.50. The molecule has 0 saturated carbocycles. The van der Waals surface area contributed by atoms with Crippen molar-refractivity contribution in [3.8, 4) is 0 Å². The number of aliphatic hydroxyl groups is 1. The molecule has 0 spiro atoms. The van der Waals surface area contributed by atoms with E-state index < -0.39 is 47.9 Å². The van der Waals surface area contributed by atoms with E-state index in [0.717, 1.165) is 0 Å². The Balaban J connectivity index is 4.88. The summed E-state index contributed by atoms with van der Waals surface area (Å²) in [5.41, 5.74) is 10.7. The molecule has 144 valence electrons. The number of nitrogens with one attached hydrogen (secondary N) is 2. The Labute approximate surface area is 150 Å². The van der Waals surface area contributed by atoms with Gasteiger partial charge in [-0.3, -0.25) is 14.4 Å². The number of thioether (sulfide) groups is 1. The molecule has 8 N–H and O–H groups in total. The molecule has 0 aliphatic heterocycles. The van der Waals surface area contributed by atoms with E-state index in [-0.39, 0.29) is 12.8 Å². The highest BCUT2D eigenvalue weighted by Gasteiger charge is 2.30. The minimum absolute atomic E-state index is 0.204. The Morgan fingerprint density at radius 3 is 2.16 bits per heavy atom. The minimum Gasteiger partial charge on any atom is -0.480 e. The summed E-state index contributed by atoms with van der Waals surface area (Å²) in [5.74, 6) is -2.94. The number of rotatable bonds is 12. The summed E-state index contributed by atoms with van der Waals surface area (Å²) in [6.45, 7) is 1.27. The number of amides is 3. The largest absolute Gasteiger partial charge is 0.480 e. The van der Waals surface area contributed by atoms with Crippen molar-refractivity contribution in [2.45, 2.75) is 50.4 Å². The first-order chi connectivity index (χ1) is 11.6. The van der Waals surface area contributed by atoms with Gasteiger partial charge >= 0.3 is 5.97 Å². The van der Waals surface area contributed by atoms with Crippen molar-refractivity contribution in [2.75, 3.05) is 12.0 Å². The van der Waals surface area contributed by atoms with Crippen LogP contribution in [0.25, 0.3) is 0 Å². The number of hydrogen-bond donors (Lipinski definition) is 6. The topological polar surface area (TPSA) is 185 Å². The van der Waals surface area contributed by atoms with Gasteiger partial charge in [0.15, 0.2) is 0 Å². The van der Waals surface area contributed by atoms with Crippen LogP contribution in [0.5, 0.6) is 0 Å². The molecular weight excluding hydrogens is 352 g/mol. The van der Waals surface area contributed by atoms with Gasteiger partial charge in [-0.1, -0.05) is 0 Å². The van der Waals surface area contributed by atoms with Gasteiger partial charge in [0.25, 0.3) is 0 Å². The van der Waals surface area contributed by atoms with Crippen LogP contribution in [0, 0.1) is 0 Å². The summed E-state index contributed by atoms with van der Waals surface area (Å²) in [5, 5.41) is 23.3. The fourth-order valence-corrected chi connectivity index (χ4v) is 2.34. The lowest BCUT2D eigenvalue weighted by molar-refractivity contribution is -0.143. The SMILES string of the molecule is CSCC[C@H](N)C(=O)N[C@H](C(=O)N[C@@H](CCC(N)=O)C(=O)O)[C@@H](C)O. The molecular formula is C14H26N4O6S. The molecule has 0 aliphatic carbocycles. The van der Waals surface area contributed by atoms with Crippen LogP contribution in [-0.4, -0.2) is 70.1 Å². The van der Waals surface area contributed by atoms with Crippen LogP contribution in [0.2, 0.25) is 0 Å². The van der Waals surface area contributed by atoms with Crippen molar-refractivity contribution in [1.82, 2.24) is 10.6 Å². The summed E-state index contributed by atoms with van der Waals surface area (Å²) in [6.07, 6.45) is 0.529. The molecule has 0 saturated heterocycles. The van der Waals surface area contributed by atoms with Gasteiger partial charge < -0.3 is 32.3 Å². The number of aliphatic carboxylic acids is 1. The summed E-state index contributed by atoms with van der Waals surface area (Å²) in [7, 11) is 0. The Morgan fingerprint density at radius 1 is 1.12 bits per heavy atom. The predicted molar refractivity (Wildman–Crippen MR) is 92.6 cm³/mol. The highest BCUT2D eigenvalue weighted by atomic mass is 32.2. The van der Waals surface area contributed by atoms with E-state index in [4.69, 9.17) is 16.6 Å². The zero-order chi connectivity index (χ0) is 19.6. The Kier molecular flexibility index (Phi) is 10.8. The zero-order valence-electron chi connectivity index (χ0n) is 14.2. The van der Waals surface area contributed by atoms with Crippen LogP contribution in [0.1, 0.15) is 26.2 Å². The highest BCUT2D eigenvalue weighted by Crippen LogP contribution is 2.03. The molecule has 0 heterocycles. The predicted octanol–water partition coefficient (Wildman–Crippen LogP) is -2.23. The Bertz CT molecular complexity index is 488. The lowest BCUT2D eigenvalue weighted by Gasteiger charge is -2.24. The van der Waals surface area contributed by atoms with Gasteiger partial charge in [-0.25, -0.2) is 4.79 Å². The van der Waals surface area contributed by atoms with Crippen molar-refractivity contribution in [1.29, 1.82) is 0 Å². The van der Waals surface area contributed by atoms with Crippen LogP contribution >= 0.6 is 11.8 Å². The fourth-order valence-electron chi connectivity index (χ4n) is 1.85.